The molecular formula is C46H26O3. The van der Waals surface area contributed by atoms with Gasteiger partial charge in [-0.2, -0.15) is 0 Å². The van der Waals surface area contributed by atoms with Crippen LogP contribution in [-0.2, 0) is 0 Å². The molecule has 0 N–H and O–H groups in total. The topological polar surface area (TPSA) is 39.4 Å². The summed E-state index contributed by atoms with van der Waals surface area (Å²) < 4.78 is 19.4. The van der Waals surface area contributed by atoms with Crippen LogP contribution in [0.3, 0.4) is 0 Å². The fourth-order valence-electron chi connectivity index (χ4n) is 7.96. The van der Waals surface area contributed by atoms with Gasteiger partial charge in [0.25, 0.3) is 0 Å². The van der Waals surface area contributed by atoms with E-state index in [0.717, 1.165) is 77.3 Å². The first-order chi connectivity index (χ1) is 24.3. The lowest BCUT2D eigenvalue weighted by molar-refractivity contribution is 0.631. The molecule has 0 aliphatic heterocycles. The highest BCUT2D eigenvalue weighted by Crippen LogP contribution is 2.48. The second-order valence-corrected chi connectivity index (χ2v) is 12.8. The molecule has 3 aromatic heterocycles. The van der Waals surface area contributed by atoms with Crippen molar-refractivity contribution in [2.45, 2.75) is 0 Å². The molecule has 0 spiro atoms. The maximum atomic E-state index is 6.69. The lowest BCUT2D eigenvalue weighted by atomic mass is 9.85. The third kappa shape index (κ3) is 3.78. The van der Waals surface area contributed by atoms with Crippen LogP contribution >= 0.6 is 0 Å². The molecule has 11 rings (SSSR count). The maximum Gasteiger partial charge on any atom is 0.146 e. The van der Waals surface area contributed by atoms with Crippen molar-refractivity contribution < 1.29 is 13.3 Å². The zero-order valence-corrected chi connectivity index (χ0v) is 26.2. The van der Waals surface area contributed by atoms with Crippen LogP contribution in [0.25, 0.3) is 110 Å². The Bertz CT molecular complexity index is 3040. The number of furan rings is 3. The molecule has 3 heteroatoms. The van der Waals surface area contributed by atoms with E-state index in [1.54, 1.807) is 0 Å². The van der Waals surface area contributed by atoms with Gasteiger partial charge in [-0.1, -0.05) is 115 Å². The molecule has 8 aromatic carbocycles. The van der Waals surface area contributed by atoms with Gasteiger partial charge in [0.05, 0.1) is 5.39 Å². The number of para-hydroxylation sites is 1. The lowest BCUT2D eigenvalue weighted by Gasteiger charge is -2.18. The van der Waals surface area contributed by atoms with E-state index in [1.165, 1.54) is 32.7 Å². The first-order valence-electron chi connectivity index (χ1n) is 16.6. The molecule has 0 radical (unpaired) electrons. The van der Waals surface area contributed by atoms with E-state index in [4.69, 9.17) is 13.3 Å². The van der Waals surface area contributed by atoms with Crippen molar-refractivity contribution in [2.75, 3.05) is 0 Å². The zero-order chi connectivity index (χ0) is 32.1. The van der Waals surface area contributed by atoms with Gasteiger partial charge in [-0.25, -0.2) is 0 Å². The minimum Gasteiger partial charge on any atom is -0.456 e. The Kier molecular flexibility index (Phi) is 5.38. The van der Waals surface area contributed by atoms with Gasteiger partial charge in [-0.05, 0) is 86.3 Å². The van der Waals surface area contributed by atoms with Crippen LogP contribution in [0.4, 0.5) is 0 Å². The van der Waals surface area contributed by atoms with Gasteiger partial charge < -0.3 is 13.3 Å². The van der Waals surface area contributed by atoms with Crippen molar-refractivity contribution in [1.82, 2.24) is 0 Å². The Morgan fingerprint density at radius 2 is 0.918 bits per heavy atom. The predicted octanol–water partition coefficient (Wildman–Crippen LogP) is 13.5. The molecule has 0 atom stereocenters. The average molecular weight is 627 g/mol. The Balaban J connectivity index is 1.20. The summed E-state index contributed by atoms with van der Waals surface area (Å²) in [6.07, 6.45) is 0. The smallest absolute Gasteiger partial charge is 0.146 e. The Morgan fingerprint density at radius 3 is 1.69 bits per heavy atom. The Morgan fingerprint density at radius 1 is 0.306 bits per heavy atom. The minimum atomic E-state index is 0.814. The molecule has 228 valence electrons. The van der Waals surface area contributed by atoms with Crippen LogP contribution < -0.4 is 0 Å². The SMILES string of the molecule is c1ccc(-c2cc3c(ccc4c3oc3cccc(-c5c6ccccc6c(-c6ccc7c(c6)oc6ccccc67)c6ccccc56)c34)o2)cc1. The molecule has 0 amide bonds. The first-order valence-corrected chi connectivity index (χ1v) is 16.6. The summed E-state index contributed by atoms with van der Waals surface area (Å²) in [6, 6.07) is 55.4. The van der Waals surface area contributed by atoms with E-state index >= 15 is 0 Å². The summed E-state index contributed by atoms with van der Waals surface area (Å²) in [5, 5.41) is 10.2. The molecule has 3 nitrogen and oxygen atoms in total. The van der Waals surface area contributed by atoms with E-state index in [-0.39, 0.29) is 0 Å². The van der Waals surface area contributed by atoms with Gasteiger partial charge in [0.15, 0.2) is 0 Å². The standard InChI is InChI=1S/C46H26O3/c1-2-11-27(12-3-1)41-26-37-39(47-41)24-23-36-45-35(18-10-20-40(45)49-46(36)37)44-33-16-6-4-14-31(33)43(32-15-5-7-17-34(32)44)28-21-22-30-29-13-8-9-19-38(29)48-42(30)25-28/h1-26H. The number of hydrogen-bond donors (Lipinski definition) is 0. The Hall–Kier alpha value is -6.58. The maximum absolute atomic E-state index is 6.69. The third-order valence-corrected chi connectivity index (χ3v) is 10.1. The molecule has 0 saturated carbocycles. The second kappa shape index (κ2) is 9.96. The summed E-state index contributed by atoms with van der Waals surface area (Å²) in [5.74, 6) is 0.831. The van der Waals surface area contributed by atoms with Gasteiger partial charge >= 0.3 is 0 Å². The van der Waals surface area contributed by atoms with E-state index < -0.39 is 0 Å². The van der Waals surface area contributed by atoms with Crippen molar-refractivity contribution in [3.8, 4) is 33.6 Å². The van der Waals surface area contributed by atoms with Crippen LogP contribution in [-0.4, -0.2) is 0 Å². The van der Waals surface area contributed by atoms with E-state index in [2.05, 4.69) is 127 Å². The highest BCUT2D eigenvalue weighted by Gasteiger charge is 2.22. The highest BCUT2D eigenvalue weighted by molar-refractivity contribution is 6.27. The summed E-state index contributed by atoms with van der Waals surface area (Å²) in [7, 11) is 0. The lowest BCUT2D eigenvalue weighted by Crippen LogP contribution is -1.91. The quantitative estimate of drug-likeness (QED) is 0.183. The van der Waals surface area contributed by atoms with Crippen LogP contribution in [0.1, 0.15) is 0 Å². The number of rotatable bonds is 3. The van der Waals surface area contributed by atoms with Gasteiger partial charge in [-0.3, -0.25) is 0 Å². The highest BCUT2D eigenvalue weighted by atomic mass is 16.3. The second-order valence-electron chi connectivity index (χ2n) is 12.8. The Labute approximate surface area is 280 Å². The summed E-state index contributed by atoms with van der Waals surface area (Å²) in [5.41, 5.74) is 10.0. The van der Waals surface area contributed by atoms with E-state index in [0.29, 0.717) is 0 Å². The van der Waals surface area contributed by atoms with Crippen molar-refractivity contribution in [1.29, 1.82) is 0 Å². The molecule has 0 aliphatic carbocycles. The molecule has 3 heterocycles. The van der Waals surface area contributed by atoms with Crippen molar-refractivity contribution in [3.63, 3.8) is 0 Å². The molecule has 49 heavy (non-hydrogen) atoms. The molecule has 0 saturated heterocycles. The van der Waals surface area contributed by atoms with Gasteiger partial charge in [0, 0.05) is 27.1 Å². The fraction of sp³-hybridized carbons (Fsp3) is 0. The zero-order valence-electron chi connectivity index (χ0n) is 26.2. The van der Waals surface area contributed by atoms with Gasteiger partial charge in [0.1, 0.15) is 33.7 Å². The van der Waals surface area contributed by atoms with Crippen molar-refractivity contribution in [3.05, 3.63) is 158 Å². The third-order valence-electron chi connectivity index (χ3n) is 10.1. The van der Waals surface area contributed by atoms with E-state index in [9.17, 15) is 0 Å². The van der Waals surface area contributed by atoms with Crippen LogP contribution in [0.2, 0.25) is 0 Å². The fourth-order valence-corrected chi connectivity index (χ4v) is 7.96. The van der Waals surface area contributed by atoms with Crippen LogP contribution in [0.5, 0.6) is 0 Å². The van der Waals surface area contributed by atoms with Gasteiger partial charge in [0.2, 0.25) is 0 Å². The summed E-state index contributed by atoms with van der Waals surface area (Å²) in [4.78, 5) is 0. The molecule has 0 unspecified atom stereocenters. The monoisotopic (exact) mass is 626 g/mol. The number of fused-ring (bicyclic) bond motifs is 10. The first kappa shape index (κ1) is 26.5. The summed E-state index contributed by atoms with van der Waals surface area (Å²) >= 11 is 0. The molecule has 11 aromatic rings. The van der Waals surface area contributed by atoms with Gasteiger partial charge in [-0.15, -0.1) is 0 Å². The van der Waals surface area contributed by atoms with Crippen molar-refractivity contribution >= 4 is 76.4 Å². The summed E-state index contributed by atoms with van der Waals surface area (Å²) in [6.45, 7) is 0. The molecule has 0 fully saturated rings. The molecule has 0 bridgehead atoms. The average Bonchev–Trinajstić information content (AvgIpc) is 3.87. The predicted molar refractivity (Wildman–Crippen MR) is 202 cm³/mol. The molecule has 0 aliphatic rings. The minimum absolute atomic E-state index is 0.814. The van der Waals surface area contributed by atoms with Crippen LogP contribution in [0.15, 0.2) is 171 Å². The van der Waals surface area contributed by atoms with E-state index in [1.807, 2.05) is 30.3 Å². The van der Waals surface area contributed by atoms with Crippen LogP contribution in [0, 0.1) is 0 Å². The van der Waals surface area contributed by atoms with Crippen molar-refractivity contribution in [2.24, 2.45) is 0 Å². The number of benzene rings is 8. The normalized spacial score (nSPS) is 12.1. The largest absolute Gasteiger partial charge is 0.456 e. The number of hydrogen-bond acceptors (Lipinski definition) is 3. The molecular weight excluding hydrogens is 601 g/mol.